The van der Waals surface area contributed by atoms with Gasteiger partial charge in [0, 0.05) is 28.9 Å². The molecular weight excluding hydrogens is 434 g/mol. The summed E-state index contributed by atoms with van der Waals surface area (Å²) < 4.78 is 5.13. The first kappa shape index (κ1) is 22.5. The van der Waals surface area contributed by atoms with Gasteiger partial charge in [0.15, 0.2) is 11.5 Å². The van der Waals surface area contributed by atoms with E-state index in [1.54, 1.807) is 12.1 Å². The molecule has 1 heterocycles. The summed E-state index contributed by atoms with van der Waals surface area (Å²) in [5, 5.41) is 14.0. The monoisotopic (exact) mass is 459 g/mol. The second kappa shape index (κ2) is 10.3. The molecule has 4 aromatic rings. The standard InChI is InChI=1S/C26H25N3O3S/c1-32-23-15-17(10-12-22(23)30)6-5-13-28-16-18-9-11-20-21(14-18)29-24(26(27)31)25(20)33-19-7-3-2-4-8-19/h2-12,14-15,28-30H,13,16H2,1H3,(H2,27,31)/b6-5+. The number of rotatable bonds is 9. The SMILES string of the molecule is COc1cc(/C=C/CNCc2ccc3c(Sc4ccccc4)c(C(N)=O)[nH]c3c2)ccc1O. The van der Waals surface area contributed by atoms with Crippen LogP contribution in [-0.2, 0) is 6.54 Å². The van der Waals surface area contributed by atoms with Crippen molar-refractivity contribution in [2.24, 2.45) is 5.73 Å². The number of ether oxygens (including phenoxy) is 1. The highest BCUT2D eigenvalue weighted by atomic mass is 32.2. The van der Waals surface area contributed by atoms with Gasteiger partial charge in [0.1, 0.15) is 5.69 Å². The van der Waals surface area contributed by atoms with E-state index in [0.29, 0.717) is 24.5 Å². The number of nitrogens with one attached hydrogen (secondary N) is 2. The van der Waals surface area contributed by atoms with Gasteiger partial charge in [-0.2, -0.15) is 0 Å². The first-order valence-corrected chi connectivity index (χ1v) is 11.3. The lowest BCUT2D eigenvalue weighted by Crippen LogP contribution is -2.12. The molecule has 168 valence electrons. The van der Waals surface area contributed by atoms with Crippen LogP contribution in [0.3, 0.4) is 0 Å². The van der Waals surface area contributed by atoms with Crippen molar-refractivity contribution in [3.05, 3.63) is 89.6 Å². The Bertz CT molecular complexity index is 1300. The molecule has 0 aliphatic rings. The maximum absolute atomic E-state index is 12.0. The molecule has 0 aliphatic heterocycles. The van der Waals surface area contributed by atoms with Crippen molar-refractivity contribution in [2.45, 2.75) is 16.3 Å². The van der Waals surface area contributed by atoms with Gasteiger partial charge in [0.05, 0.1) is 12.0 Å². The van der Waals surface area contributed by atoms with Crippen LogP contribution in [0, 0.1) is 0 Å². The van der Waals surface area contributed by atoms with Crippen LogP contribution in [0.25, 0.3) is 17.0 Å². The lowest BCUT2D eigenvalue weighted by atomic mass is 10.1. The number of amides is 1. The van der Waals surface area contributed by atoms with Gasteiger partial charge in [-0.1, -0.05) is 60.3 Å². The lowest BCUT2D eigenvalue weighted by Gasteiger charge is -2.05. The van der Waals surface area contributed by atoms with E-state index in [-0.39, 0.29) is 5.75 Å². The van der Waals surface area contributed by atoms with Gasteiger partial charge in [-0.15, -0.1) is 0 Å². The van der Waals surface area contributed by atoms with E-state index in [4.69, 9.17) is 10.5 Å². The number of benzene rings is 3. The van der Waals surface area contributed by atoms with E-state index in [0.717, 1.165) is 31.8 Å². The zero-order valence-corrected chi connectivity index (χ0v) is 19.0. The summed E-state index contributed by atoms with van der Waals surface area (Å²) in [6, 6.07) is 21.3. The van der Waals surface area contributed by atoms with Gasteiger partial charge in [0.25, 0.3) is 5.91 Å². The number of phenolic OH excluding ortho intramolecular Hbond substituents is 1. The maximum Gasteiger partial charge on any atom is 0.266 e. The zero-order valence-electron chi connectivity index (χ0n) is 18.2. The Labute approximate surface area is 196 Å². The molecule has 0 fully saturated rings. The summed E-state index contributed by atoms with van der Waals surface area (Å²) in [6.07, 6.45) is 3.98. The number of aromatic hydroxyl groups is 1. The second-order valence-corrected chi connectivity index (χ2v) is 8.54. The van der Waals surface area contributed by atoms with E-state index >= 15 is 0 Å². The van der Waals surface area contributed by atoms with E-state index in [1.807, 2.05) is 60.7 Å². The molecule has 0 saturated carbocycles. The smallest absolute Gasteiger partial charge is 0.266 e. The van der Waals surface area contributed by atoms with E-state index in [9.17, 15) is 9.90 Å². The quantitative estimate of drug-likeness (QED) is 0.266. The summed E-state index contributed by atoms with van der Waals surface area (Å²) in [6.45, 7) is 1.35. The molecule has 4 rings (SSSR count). The average molecular weight is 460 g/mol. The number of aromatic nitrogens is 1. The normalized spacial score (nSPS) is 11.3. The van der Waals surface area contributed by atoms with Crippen molar-refractivity contribution in [1.29, 1.82) is 0 Å². The van der Waals surface area contributed by atoms with Crippen molar-refractivity contribution >= 4 is 34.6 Å². The molecule has 1 aromatic heterocycles. The number of nitrogens with two attached hydrogens (primary N) is 1. The Balaban J connectivity index is 1.43. The first-order valence-electron chi connectivity index (χ1n) is 10.5. The van der Waals surface area contributed by atoms with E-state index < -0.39 is 5.91 Å². The largest absolute Gasteiger partial charge is 0.504 e. The summed E-state index contributed by atoms with van der Waals surface area (Å²) >= 11 is 1.53. The summed E-state index contributed by atoms with van der Waals surface area (Å²) in [5.41, 5.74) is 8.98. The van der Waals surface area contributed by atoms with Crippen LogP contribution in [0.1, 0.15) is 21.6 Å². The predicted octanol–water partition coefficient (Wildman–Crippen LogP) is 4.94. The Morgan fingerprint density at radius 1 is 1.15 bits per heavy atom. The number of phenols is 1. The molecule has 0 unspecified atom stereocenters. The molecule has 3 aromatic carbocycles. The van der Waals surface area contributed by atoms with Gasteiger partial charge < -0.3 is 25.9 Å². The Hall–Kier alpha value is -3.68. The number of methoxy groups -OCH3 is 1. The van der Waals surface area contributed by atoms with Crippen molar-refractivity contribution in [1.82, 2.24) is 10.3 Å². The number of carbonyl (C=O) groups is 1. The molecule has 33 heavy (non-hydrogen) atoms. The molecule has 0 bridgehead atoms. The predicted molar refractivity (Wildman–Crippen MR) is 133 cm³/mol. The van der Waals surface area contributed by atoms with Crippen molar-refractivity contribution in [3.63, 3.8) is 0 Å². The average Bonchev–Trinajstić information content (AvgIpc) is 3.18. The molecule has 0 saturated heterocycles. The van der Waals surface area contributed by atoms with Crippen molar-refractivity contribution in [2.75, 3.05) is 13.7 Å². The highest BCUT2D eigenvalue weighted by Crippen LogP contribution is 2.36. The Kier molecular flexibility index (Phi) is 7.02. The molecule has 0 aliphatic carbocycles. The number of fused-ring (bicyclic) bond motifs is 1. The molecule has 5 N–H and O–H groups in total. The van der Waals surface area contributed by atoms with Gasteiger partial charge in [-0.25, -0.2) is 0 Å². The zero-order chi connectivity index (χ0) is 23.2. The minimum Gasteiger partial charge on any atom is -0.504 e. The van der Waals surface area contributed by atoms with Crippen molar-refractivity contribution < 1.29 is 14.6 Å². The van der Waals surface area contributed by atoms with Crippen molar-refractivity contribution in [3.8, 4) is 11.5 Å². The number of H-pyrrole nitrogens is 1. The third kappa shape index (κ3) is 5.39. The van der Waals surface area contributed by atoms with Crippen LogP contribution in [-0.4, -0.2) is 29.7 Å². The van der Waals surface area contributed by atoms with Gasteiger partial charge in [-0.05, 0) is 41.5 Å². The van der Waals surface area contributed by atoms with Gasteiger partial charge in [-0.3, -0.25) is 4.79 Å². The highest BCUT2D eigenvalue weighted by molar-refractivity contribution is 7.99. The van der Waals surface area contributed by atoms with Crippen LogP contribution in [0.2, 0.25) is 0 Å². The fraction of sp³-hybridized carbons (Fsp3) is 0.115. The van der Waals surface area contributed by atoms with E-state index in [1.165, 1.54) is 18.9 Å². The second-order valence-electron chi connectivity index (χ2n) is 7.45. The number of carbonyl (C=O) groups excluding carboxylic acids is 1. The molecule has 0 atom stereocenters. The fourth-order valence-electron chi connectivity index (χ4n) is 3.51. The summed E-state index contributed by atoms with van der Waals surface area (Å²) in [5.74, 6) is 0.0992. The molecule has 7 heteroatoms. The van der Waals surface area contributed by atoms with Gasteiger partial charge >= 0.3 is 0 Å². The highest BCUT2D eigenvalue weighted by Gasteiger charge is 2.17. The maximum atomic E-state index is 12.0. The molecule has 0 radical (unpaired) electrons. The van der Waals surface area contributed by atoms with Crippen LogP contribution < -0.4 is 15.8 Å². The van der Waals surface area contributed by atoms with Crippen LogP contribution in [0.5, 0.6) is 11.5 Å². The minimum absolute atomic E-state index is 0.123. The first-order chi connectivity index (χ1) is 16.0. The van der Waals surface area contributed by atoms with E-state index in [2.05, 4.69) is 16.4 Å². The number of hydrogen-bond acceptors (Lipinski definition) is 5. The van der Waals surface area contributed by atoms with Crippen LogP contribution in [0.15, 0.2) is 82.6 Å². The van der Waals surface area contributed by atoms with Crippen LogP contribution >= 0.6 is 11.8 Å². The molecule has 6 nitrogen and oxygen atoms in total. The number of aromatic amines is 1. The molecular formula is C26H25N3O3S. The third-order valence-electron chi connectivity index (χ3n) is 5.13. The fourth-order valence-corrected chi connectivity index (χ4v) is 4.58. The molecule has 0 spiro atoms. The Morgan fingerprint density at radius 2 is 1.97 bits per heavy atom. The van der Waals surface area contributed by atoms with Gasteiger partial charge in [0.2, 0.25) is 0 Å². The minimum atomic E-state index is -0.472. The van der Waals surface area contributed by atoms with Crippen LogP contribution in [0.4, 0.5) is 0 Å². The number of primary amides is 1. The summed E-state index contributed by atoms with van der Waals surface area (Å²) in [7, 11) is 1.53. The Morgan fingerprint density at radius 3 is 2.73 bits per heavy atom. The lowest BCUT2D eigenvalue weighted by molar-refractivity contribution is 0.0993. The topological polar surface area (TPSA) is 100 Å². The third-order valence-corrected chi connectivity index (χ3v) is 6.27. The number of hydrogen-bond donors (Lipinski definition) is 4. The molecule has 1 amide bonds. The summed E-state index contributed by atoms with van der Waals surface area (Å²) in [4.78, 5) is 17.1.